The fraction of sp³-hybridized carbons (Fsp3) is 0.478. The number of halogens is 2. The second kappa shape index (κ2) is 8.57. The first kappa shape index (κ1) is 21.5. The van der Waals surface area contributed by atoms with Crippen LogP contribution < -0.4 is 4.90 Å². The Bertz CT molecular complexity index is 1110. The van der Waals surface area contributed by atoms with Gasteiger partial charge in [-0.25, -0.2) is 13.8 Å². The van der Waals surface area contributed by atoms with Crippen molar-refractivity contribution in [1.29, 1.82) is 0 Å². The summed E-state index contributed by atoms with van der Waals surface area (Å²) in [5.74, 6) is -1.22. The van der Waals surface area contributed by atoms with Crippen LogP contribution in [0.1, 0.15) is 61.6 Å². The van der Waals surface area contributed by atoms with E-state index in [1.54, 1.807) is 0 Å². The summed E-state index contributed by atoms with van der Waals surface area (Å²) in [4.78, 5) is 25.4. The van der Waals surface area contributed by atoms with Gasteiger partial charge in [0.05, 0.1) is 11.8 Å². The van der Waals surface area contributed by atoms with Gasteiger partial charge in [-0.15, -0.1) is 0 Å². The molecule has 174 valence electrons. The first-order chi connectivity index (χ1) is 15.9. The van der Waals surface area contributed by atoms with Crippen molar-refractivity contribution < 1.29 is 22.5 Å². The largest absolute Gasteiger partial charge is 0.443 e. The lowest BCUT2D eigenvalue weighted by molar-refractivity contribution is 0.0628. The molecule has 1 aliphatic heterocycles. The van der Waals surface area contributed by atoms with E-state index in [0.717, 1.165) is 31.4 Å². The Morgan fingerprint density at radius 1 is 1.12 bits per heavy atom. The highest BCUT2D eigenvalue weighted by Crippen LogP contribution is 2.35. The third-order valence-corrected chi connectivity index (χ3v) is 6.22. The highest BCUT2D eigenvalue weighted by molar-refractivity contribution is 5.95. The number of carbonyl (C=O) groups is 1. The van der Waals surface area contributed by atoms with Crippen LogP contribution in [0.2, 0.25) is 0 Å². The number of nitrogens with zero attached hydrogens (tertiary/aromatic N) is 5. The Hall–Kier alpha value is -3.30. The maximum absolute atomic E-state index is 14.7. The fourth-order valence-corrected chi connectivity index (χ4v) is 4.33. The molecule has 1 amide bonds. The molecule has 3 heterocycles. The van der Waals surface area contributed by atoms with Crippen LogP contribution in [0.5, 0.6) is 0 Å². The van der Waals surface area contributed by atoms with Crippen LogP contribution in [-0.4, -0.2) is 51.1 Å². The SMILES string of the molecule is CC(C)c1noc(N2CCC(N(C(=O)c3cc(F)c(-c4cnco4)c(F)c3)C3CC3)CC2)n1. The molecule has 5 rings (SSSR count). The Morgan fingerprint density at radius 2 is 1.79 bits per heavy atom. The molecule has 33 heavy (non-hydrogen) atoms. The van der Waals surface area contributed by atoms with Crippen molar-refractivity contribution in [3.63, 3.8) is 0 Å². The molecule has 2 aromatic heterocycles. The molecule has 8 nitrogen and oxygen atoms in total. The van der Waals surface area contributed by atoms with Gasteiger partial charge in [-0.05, 0) is 37.8 Å². The second-order valence-electron chi connectivity index (χ2n) is 8.93. The van der Waals surface area contributed by atoms with Crippen molar-refractivity contribution in [1.82, 2.24) is 20.0 Å². The number of anilines is 1. The second-order valence-corrected chi connectivity index (χ2v) is 8.93. The summed E-state index contributed by atoms with van der Waals surface area (Å²) in [6.07, 6.45) is 5.56. The molecule has 0 radical (unpaired) electrons. The average Bonchev–Trinajstić information content (AvgIpc) is 3.25. The number of amides is 1. The van der Waals surface area contributed by atoms with Gasteiger partial charge >= 0.3 is 6.01 Å². The van der Waals surface area contributed by atoms with Gasteiger partial charge in [0.15, 0.2) is 18.0 Å². The first-order valence-electron chi connectivity index (χ1n) is 11.2. The summed E-state index contributed by atoms with van der Waals surface area (Å²) in [6.45, 7) is 5.33. The van der Waals surface area contributed by atoms with Gasteiger partial charge in [0.2, 0.25) is 0 Å². The van der Waals surface area contributed by atoms with Crippen LogP contribution in [0.15, 0.2) is 33.7 Å². The number of piperidine rings is 1. The van der Waals surface area contributed by atoms with E-state index < -0.39 is 11.6 Å². The monoisotopic (exact) mass is 457 g/mol. The molecule has 0 spiro atoms. The highest BCUT2D eigenvalue weighted by Gasteiger charge is 2.40. The van der Waals surface area contributed by atoms with E-state index in [1.807, 2.05) is 23.6 Å². The summed E-state index contributed by atoms with van der Waals surface area (Å²) >= 11 is 0. The van der Waals surface area contributed by atoms with E-state index in [-0.39, 0.29) is 40.8 Å². The van der Waals surface area contributed by atoms with Crippen LogP contribution in [-0.2, 0) is 0 Å². The number of benzene rings is 1. The van der Waals surface area contributed by atoms with Crippen molar-refractivity contribution in [3.8, 4) is 11.3 Å². The van der Waals surface area contributed by atoms with Crippen LogP contribution in [0, 0.1) is 11.6 Å². The molecule has 1 aromatic carbocycles. The lowest BCUT2D eigenvalue weighted by atomic mass is 10.0. The van der Waals surface area contributed by atoms with Gasteiger partial charge in [-0.3, -0.25) is 4.79 Å². The molecule has 0 unspecified atom stereocenters. The smallest absolute Gasteiger partial charge is 0.324 e. The minimum Gasteiger partial charge on any atom is -0.443 e. The van der Waals surface area contributed by atoms with E-state index in [1.165, 1.54) is 6.20 Å². The average molecular weight is 457 g/mol. The third kappa shape index (κ3) is 4.21. The van der Waals surface area contributed by atoms with Crippen molar-refractivity contribution >= 4 is 11.9 Å². The zero-order valence-electron chi connectivity index (χ0n) is 18.5. The summed E-state index contributed by atoms with van der Waals surface area (Å²) in [5.41, 5.74) is -0.322. The zero-order valence-corrected chi connectivity index (χ0v) is 18.5. The Kier molecular flexibility index (Phi) is 5.59. The minimum atomic E-state index is -0.849. The van der Waals surface area contributed by atoms with Crippen molar-refractivity contribution in [2.45, 2.75) is 57.5 Å². The topological polar surface area (TPSA) is 88.5 Å². The van der Waals surface area contributed by atoms with Crippen LogP contribution >= 0.6 is 0 Å². The Labute approximate surface area is 189 Å². The maximum Gasteiger partial charge on any atom is 0.324 e. The van der Waals surface area contributed by atoms with E-state index in [2.05, 4.69) is 15.1 Å². The van der Waals surface area contributed by atoms with Crippen molar-refractivity contribution in [2.24, 2.45) is 0 Å². The lowest BCUT2D eigenvalue weighted by Crippen LogP contribution is -2.48. The van der Waals surface area contributed by atoms with E-state index in [4.69, 9.17) is 8.94 Å². The van der Waals surface area contributed by atoms with Crippen LogP contribution in [0.25, 0.3) is 11.3 Å². The predicted octanol–water partition coefficient (Wildman–Crippen LogP) is 4.40. The Morgan fingerprint density at radius 3 is 2.33 bits per heavy atom. The number of aromatic nitrogens is 3. The molecular weight excluding hydrogens is 432 g/mol. The summed E-state index contributed by atoms with van der Waals surface area (Å²) in [6, 6.07) is 2.74. The standard InChI is InChI=1S/C23H25F2N5O3/c1-13(2)21-27-23(33-28-21)29-7-5-16(6-8-29)30(15-3-4-15)22(31)14-9-17(24)20(18(25)10-14)19-11-26-12-32-19/h9-13,15-16H,3-8H2,1-2H3. The molecule has 0 bridgehead atoms. The number of hydrogen-bond acceptors (Lipinski definition) is 7. The molecule has 0 atom stereocenters. The van der Waals surface area contributed by atoms with Crippen LogP contribution in [0.3, 0.4) is 0 Å². The third-order valence-electron chi connectivity index (χ3n) is 6.22. The molecular formula is C23H25F2N5O3. The van der Waals surface area contributed by atoms with E-state index >= 15 is 0 Å². The predicted molar refractivity (Wildman–Crippen MR) is 115 cm³/mol. The number of oxazole rings is 1. The van der Waals surface area contributed by atoms with Gasteiger partial charge in [-0.1, -0.05) is 19.0 Å². The summed E-state index contributed by atoms with van der Waals surface area (Å²) < 4.78 is 39.9. The summed E-state index contributed by atoms with van der Waals surface area (Å²) in [7, 11) is 0. The summed E-state index contributed by atoms with van der Waals surface area (Å²) in [5, 5.41) is 4.02. The zero-order chi connectivity index (χ0) is 23.1. The molecule has 10 heteroatoms. The van der Waals surface area contributed by atoms with E-state index in [9.17, 15) is 13.6 Å². The Balaban J connectivity index is 1.32. The van der Waals surface area contributed by atoms with Crippen molar-refractivity contribution in [3.05, 3.63) is 47.7 Å². The molecule has 2 fully saturated rings. The van der Waals surface area contributed by atoms with Crippen molar-refractivity contribution in [2.75, 3.05) is 18.0 Å². The van der Waals surface area contributed by atoms with Gasteiger partial charge in [0.25, 0.3) is 5.91 Å². The molecule has 1 saturated heterocycles. The quantitative estimate of drug-likeness (QED) is 0.542. The fourth-order valence-electron chi connectivity index (χ4n) is 4.33. The number of carbonyl (C=O) groups excluding carboxylic acids is 1. The lowest BCUT2D eigenvalue weighted by Gasteiger charge is -2.38. The highest BCUT2D eigenvalue weighted by atomic mass is 19.1. The van der Waals surface area contributed by atoms with Gasteiger partial charge < -0.3 is 18.7 Å². The molecule has 1 saturated carbocycles. The van der Waals surface area contributed by atoms with E-state index in [0.29, 0.717) is 37.8 Å². The molecule has 3 aromatic rings. The van der Waals surface area contributed by atoms with Gasteiger partial charge in [0.1, 0.15) is 11.6 Å². The molecule has 1 aliphatic carbocycles. The normalized spacial score (nSPS) is 17.1. The van der Waals surface area contributed by atoms with Gasteiger partial charge in [0, 0.05) is 36.7 Å². The minimum absolute atomic E-state index is 0.000992. The molecule has 2 aliphatic rings. The molecule has 0 N–H and O–H groups in total. The number of hydrogen-bond donors (Lipinski definition) is 0. The number of rotatable bonds is 6. The first-order valence-corrected chi connectivity index (χ1v) is 11.2. The van der Waals surface area contributed by atoms with Crippen LogP contribution in [0.4, 0.5) is 14.8 Å². The van der Waals surface area contributed by atoms with Gasteiger partial charge in [-0.2, -0.15) is 4.98 Å². The maximum atomic E-state index is 14.7.